The molecular formula is C19H18ClN3O4S2. The van der Waals surface area contributed by atoms with Gasteiger partial charge in [-0.3, -0.25) is 10.1 Å². The zero-order valence-corrected chi connectivity index (χ0v) is 18.0. The molecule has 2 aromatic carbocycles. The molecule has 10 heteroatoms. The van der Waals surface area contributed by atoms with Gasteiger partial charge in [0.05, 0.1) is 15.6 Å². The number of anilines is 1. The van der Waals surface area contributed by atoms with E-state index < -0.39 is 10.0 Å². The quantitative estimate of drug-likeness (QED) is 0.591. The second kappa shape index (κ2) is 8.91. The lowest BCUT2D eigenvalue weighted by atomic mass is 10.2. The van der Waals surface area contributed by atoms with Gasteiger partial charge in [0, 0.05) is 25.0 Å². The lowest BCUT2D eigenvalue weighted by molar-refractivity contribution is -0.118. The van der Waals surface area contributed by atoms with E-state index >= 15 is 0 Å². The summed E-state index contributed by atoms with van der Waals surface area (Å²) < 4.78 is 30.8. The van der Waals surface area contributed by atoms with Gasteiger partial charge in [0.2, 0.25) is 10.0 Å². The molecule has 7 nitrogen and oxygen atoms in total. The van der Waals surface area contributed by atoms with Crippen LogP contribution in [-0.4, -0.2) is 44.3 Å². The molecule has 0 aliphatic carbocycles. The Morgan fingerprint density at radius 1 is 1.17 bits per heavy atom. The van der Waals surface area contributed by atoms with Crippen molar-refractivity contribution in [3.05, 3.63) is 58.9 Å². The van der Waals surface area contributed by atoms with E-state index in [1.807, 2.05) is 0 Å². The Morgan fingerprint density at radius 3 is 2.52 bits per heavy atom. The third-order valence-electron chi connectivity index (χ3n) is 3.87. The van der Waals surface area contributed by atoms with Crippen molar-refractivity contribution < 1.29 is 17.9 Å². The Balaban J connectivity index is 1.63. The maximum absolute atomic E-state index is 12.1. The van der Waals surface area contributed by atoms with Gasteiger partial charge >= 0.3 is 0 Å². The number of thiazole rings is 1. The molecule has 0 radical (unpaired) electrons. The topological polar surface area (TPSA) is 88.6 Å². The summed E-state index contributed by atoms with van der Waals surface area (Å²) in [7, 11) is -0.523. The van der Waals surface area contributed by atoms with Gasteiger partial charge in [0.1, 0.15) is 5.75 Å². The average Bonchev–Trinajstić information content (AvgIpc) is 3.15. The van der Waals surface area contributed by atoms with E-state index in [0.29, 0.717) is 21.6 Å². The first-order chi connectivity index (χ1) is 13.8. The van der Waals surface area contributed by atoms with Gasteiger partial charge in [0.25, 0.3) is 5.91 Å². The van der Waals surface area contributed by atoms with Crippen LogP contribution in [0.15, 0.2) is 58.8 Å². The van der Waals surface area contributed by atoms with E-state index in [0.717, 1.165) is 9.87 Å². The van der Waals surface area contributed by atoms with Crippen molar-refractivity contribution in [1.29, 1.82) is 0 Å². The normalized spacial score (nSPS) is 11.4. The largest absolute Gasteiger partial charge is 0.482 e. The van der Waals surface area contributed by atoms with Gasteiger partial charge in [-0.1, -0.05) is 35.9 Å². The third kappa shape index (κ3) is 5.13. The van der Waals surface area contributed by atoms with E-state index in [1.165, 1.54) is 37.6 Å². The molecule has 3 aromatic rings. The Kier molecular flexibility index (Phi) is 6.53. The van der Waals surface area contributed by atoms with Crippen molar-refractivity contribution in [2.45, 2.75) is 4.90 Å². The average molecular weight is 452 g/mol. The van der Waals surface area contributed by atoms with Gasteiger partial charge in [-0.25, -0.2) is 17.7 Å². The summed E-state index contributed by atoms with van der Waals surface area (Å²) in [5.41, 5.74) is 1.37. The molecule has 152 valence electrons. The van der Waals surface area contributed by atoms with Gasteiger partial charge in [0.15, 0.2) is 11.7 Å². The van der Waals surface area contributed by atoms with Crippen LogP contribution in [0.5, 0.6) is 5.75 Å². The molecule has 0 atom stereocenters. The zero-order valence-electron chi connectivity index (χ0n) is 15.6. The van der Waals surface area contributed by atoms with Crippen LogP contribution in [0.25, 0.3) is 11.3 Å². The fraction of sp³-hybridized carbons (Fsp3) is 0.158. The summed E-state index contributed by atoms with van der Waals surface area (Å²) in [4.78, 5) is 16.6. The van der Waals surface area contributed by atoms with Crippen LogP contribution in [0.1, 0.15) is 0 Å². The number of hydrogen-bond acceptors (Lipinski definition) is 6. The lowest BCUT2D eigenvalue weighted by Crippen LogP contribution is -2.22. The van der Waals surface area contributed by atoms with E-state index in [4.69, 9.17) is 16.3 Å². The highest BCUT2D eigenvalue weighted by molar-refractivity contribution is 7.89. The van der Waals surface area contributed by atoms with E-state index in [-0.39, 0.29) is 17.4 Å². The molecule has 1 heterocycles. The molecule has 0 saturated carbocycles. The van der Waals surface area contributed by atoms with Gasteiger partial charge in [-0.2, -0.15) is 0 Å². The molecule has 0 bridgehead atoms. The third-order valence-corrected chi connectivity index (χ3v) is 6.77. The van der Waals surface area contributed by atoms with Crippen LogP contribution in [0.2, 0.25) is 5.02 Å². The maximum Gasteiger partial charge on any atom is 0.264 e. The zero-order chi connectivity index (χ0) is 21.0. The predicted molar refractivity (Wildman–Crippen MR) is 114 cm³/mol. The van der Waals surface area contributed by atoms with Crippen molar-refractivity contribution in [3.8, 4) is 17.0 Å². The molecular weight excluding hydrogens is 434 g/mol. The first-order valence-corrected chi connectivity index (χ1v) is 11.1. The number of rotatable bonds is 7. The summed E-state index contributed by atoms with van der Waals surface area (Å²) >= 11 is 7.25. The number of benzene rings is 2. The van der Waals surface area contributed by atoms with Crippen LogP contribution in [0.4, 0.5) is 5.13 Å². The minimum Gasteiger partial charge on any atom is -0.482 e. The minimum atomic E-state index is -3.48. The SMILES string of the molecule is CN(C)S(=O)(=O)c1ccc(-c2csc(NC(=O)COc3ccccc3Cl)n2)cc1. The Morgan fingerprint density at radius 2 is 1.86 bits per heavy atom. The second-order valence-electron chi connectivity index (χ2n) is 6.12. The van der Waals surface area contributed by atoms with Gasteiger partial charge in [-0.05, 0) is 24.3 Å². The molecule has 0 saturated heterocycles. The Bertz CT molecular complexity index is 1110. The monoisotopic (exact) mass is 451 g/mol. The minimum absolute atomic E-state index is 0.199. The van der Waals surface area contributed by atoms with Crippen molar-refractivity contribution in [3.63, 3.8) is 0 Å². The van der Waals surface area contributed by atoms with E-state index in [1.54, 1.807) is 41.8 Å². The summed E-state index contributed by atoms with van der Waals surface area (Å²) in [5.74, 6) is 0.0650. The highest BCUT2D eigenvalue weighted by Crippen LogP contribution is 2.27. The second-order valence-corrected chi connectivity index (χ2v) is 9.53. The predicted octanol–water partition coefficient (Wildman–Crippen LogP) is 3.73. The molecule has 29 heavy (non-hydrogen) atoms. The summed E-state index contributed by atoms with van der Waals surface area (Å²) in [6.45, 7) is -0.199. The van der Waals surface area contributed by atoms with Gasteiger partial charge < -0.3 is 4.74 Å². The summed E-state index contributed by atoms with van der Waals surface area (Å²) in [6, 6.07) is 13.3. The van der Waals surface area contributed by atoms with Crippen molar-refractivity contribution in [2.24, 2.45) is 0 Å². The molecule has 1 amide bonds. The van der Waals surface area contributed by atoms with Crippen LogP contribution in [-0.2, 0) is 14.8 Å². The number of sulfonamides is 1. The number of carbonyl (C=O) groups is 1. The summed E-state index contributed by atoms with van der Waals surface area (Å²) in [6.07, 6.45) is 0. The van der Waals surface area contributed by atoms with Crippen LogP contribution in [0.3, 0.4) is 0 Å². The molecule has 0 unspecified atom stereocenters. The molecule has 0 aliphatic heterocycles. The molecule has 1 N–H and O–H groups in total. The molecule has 0 aliphatic rings. The smallest absolute Gasteiger partial charge is 0.264 e. The highest BCUT2D eigenvalue weighted by Gasteiger charge is 2.17. The number of carbonyl (C=O) groups excluding carboxylic acids is 1. The van der Waals surface area contributed by atoms with Crippen molar-refractivity contribution >= 4 is 44.0 Å². The highest BCUT2D eigenvalue weighted by atomic mass is 35.5. The number of amides is 1. The summed E-state index contributed by atoms with van der Waals surface area (Å²) in [5, 5.41) is 5.29. The number of nitrogens with zero attached hydrogens (tertiary/aromatic N) is 2. The van der Waals surface area contributed by atoms with Crippen LogP contribution in [0, 0.1) is 0 Å². The molecule has 0 spiro atoms. The fourth-order valence-corrected chi connectivity index (χ4v) is 4.16. The van der Waals surface area contributed by atoms with Gasteiger partial charge in [-0.15, -0.1) is 11.3 Å². The first kappa shape index (κ1) is 21.3. The Labute approximate surface area is 178 Å². The fourth-order valence-electron chi connectivity index (χ4n) is 2.33. The molecule has 1 aromatic heterocycles. The standard InChI is InChI=1S/C19H18ClN3O4S2/c1-23(2)29(25,26)14-9-7-13(8-10-14)16-12-28-19(21-16)22-18(24)11-27-17-6-4-3-5-15(17)20/h3-10,12H,11H2,1-2H3,(H,21,22,24). The number of nitrogens with one attached hydrogen (secondary N) is 1. The Hall–Kier alpha value is -2.46. The number of ether oxygens (including phenoxy) is 1. The maximum atomic E-state index is 12.1. The van der Waals surface area contributed by atoms with Crippen LogP contribution >= 0.6 is 22.9 Å². The number of hydrogen-bond donors (Lipinski definition) is 1. The van der Waals surface area contributed by atoms with E-state index in [9.17, 15) is 13.2 Å². The van der Waals surface area contributed by atoms with Crippen LogP contribution < -0.4 is 10.1 Å². The molecule has 0 fully saturated rings. The van der Waals surface area contributed by atoms with Crippen molar-refractivity contribution in [1.82, 2.24) is 9.29 Å². The number of aromatic nitrogens is 1. The molecule has 3 rings (SSSR count). The number of halogens is 1. The first-order valence-electron chi connectivity index (χ1n) is 8.43. The van der Waals surface area contributed by atoms with E-state index in [2.05, 4.69) is 10.3 Å². The lowest BCUT2D eigenvalue weighted by Gasteiger charge is -2.11. The van der Waals surface area contributed by atoms with Crippen molar-refractivity contribution in [2.75, 3.05) is 26.0 Å². The number of para-hydroxylation sites is 1.